The summed E-state index contributed by atoms with van der Waals surface area (Å²) in [7, 11) is -3.29. The first-order chi connectivity index (χ1) is 11.9. The normalized spacial score (nSPS) is 14.5. The number of rotatable bonds is 7. The summed E-state index contributed by atoms with van der Waals surface area (Å²) >= 11 is 0. The van der Waals surface area contributed by atoms with Crippen LogP contribution in [-0.4, -0.2) is 38.1 Å². The molecule has 1 aliphatic carbocycles. The van der Waals surface area contributed by atoms with E-state index in [1.807, 2.05) is 18.2 Å². The first-order valence-corrected chi connectivity index (χ1v) is 10.2. The van der Waals surface area contributed by atoms with Crippen LogP contribution in [0.15, 0.2) is 59.5 Å². The van der Waals surface area contributed by atoms with E-state index in [4.69, 9.17) is 0 Å². The third-order valence-corrected chi connectivity index (χ3v) is 5.29. The van der Waals surface area contributed by atoms with Crippen molar-refractivity contribution in [3.8, 4) is 0 Å². The predicted octanol–water partition coefficient (Wildman–Crippen LogP) is 2.69. The van der Waals surface area contributed by atoms with E-state index in [1.54, 1.807) is 12.1 Å². The van der Waals surface area contributed by atoms with Gasteiger partial charge in [-0.25, -0.2) is 8.42 Å². The Balaban J connectivity index is 1.64. The fraction of sp³-hybridized carbons (Fsp3) is 0.316. The molecule has 132 valence electrons. The van der Waals surface area contributed by atoms with Crippen molar-refractivity contribution in [2.45, 2.75) is 30.3 Å². The van der Waals surface area contributed by atoms with Crippen molar-refractivity contribution >= 4 is 21.4 Å². The van der Waals surface area contributed by atoms with E-state index < -0.39 is 9.84 Å². The molecule has 0 radical (unpaired) electrons. The molecule has 0 aliphatic heterocycles. The minimum Gasteiger partial charge on any atom is -0.325 e. The highest BCUT2D eigenvalue weighted by molar-refractivity contribution is 7.90. The maximum atomic E-state index is 12.4. The van der Waals surface area contributed by atoms with Gasteiger partial charge in [0, 0.05) is 24.5 Å². The number of carbonyl (C=O) groups excluding carboxylic acids is 1. The maximum absolute atomic E-state index is 12.4. The minimum atomic E-state index is -3.29. The lowest BCUT2D eigenvalue weighted by Gasteiger charge is -2.21. The molecule has 6 heteroatoms. The van der Waals surface area contributed by atoms with Gasteiger partial charge in [0.1, 0.15) is 0 Å². The largest absolute Gasteiger partial charge is 0.325 e. The van der Waals surface area contributed by atoms with Crippen LogP contribution in [-0.2, 0) is 21.2 Å². The highest BCUT2D eigenvalue weighted by atomic mass is 32.2. The number of benzene rings is 2. The number of carbonyl (C=O) groups is 1. The van der Waals surface area contributed by atoms with Gasteiger partial charge in [0.15, 0.2) is 9.84 Å². The summed E-state index contributed by atoms with van der Waals surface area (Å²) in [4.78, 5) is 14.8. The molecule has 25 heavy (non-hydrogen) atoms. The molecule has 0 atom stereocenters. The van der Waals surface area contributed by atoms with Crippen LogP contribution in [0.3, 0.4) is 0 Å². The Morgan fingerprint density at radius 1 is 1.12 bits per heavy atom. The average molecular weight is 358 g/mol. The Morgan fingerprint density at radius 3 is 2.48 bits per heavy atom. The number of hydrogen-bond donors (Lipinski definition) is 1. The lowest BCUT2D eigenvalue weighted by atomic mass is 10.2. The van der Waals surface area contributed by atoms with Crippen molar-refractivity contribution in [2.24, 2.45) is 0 Å². The van der Waals surface area contributed by atoms with E-state index in [2.05, 4.69) is 22.3 Å². The molecule has 1 N–H and O–H groups in total. The topological polar surface area (TPSA) is 66.5 Å². The first-order valence-electron chi connectivity index (χ1n) is 8.30. The van der Waals surface area contributed by atoms with Gasteiger partial charge in [-0.1, -0.05) is 36.4 Å². The van der Waals surface area contributed by atoms with Crippen LogP contribution < -0.4 is 5.32 Å². The summed E-state index contributed by atoms with van der Waals surface area (Å²) in [5.74, 6) is -0.131. The Morgan fingerprint density at radius 2 is 1.84 bits per heavy atom. The fourth-order valence-electron chi connectivity index (χ4n) is 2.76. The van der Waals surface area contributed by atoms with Crippen molar-refractivity contribution < 1.29 is 13.2 Å². The van der Waals surface area contributed by atoms with Crippen LogP contribution in [0.25, 0.3) is 0 Å². The van der Waals surface area contributed by atoms with Crippen molar-refractivity contribution in [1.29, 1.82) is 0 Å². The predicted molar refractivity (Wildman–Crippen MR) is 98.1 cm³/mol. The van der Waals surface area contributed by atoms with Gasteiger partial charge in [0.05, 0.1) is 11.4 Å². The zero-order valence-corrected chi connectivity index (χ0v) is 15.0. The zero-order valence-electron chi connectivity index (χ0n) is 14.2. The molecule has 1 amide bonds. The van der Waals surface area contributed by atoms with Gasteiger partial charge in [-0.3, -0.25) is 9.69 Å². The van der Waals surface area contributed by atoms with Gasteiger partial charge in [-0.05, 0) is 36.6 Å². The quantitative estimate of drug-likeness (QED) is 0.826. The number of sulfone groups is 1. The number of amides is 1. The van der Waals surface area contributed by atoms with Crippen LogP contribution >= 0.6 is 0 Å². The van der Waals surface area contributed by atoms with Gasteiger partial charge in [-0.15, -0.1) is 0 Å². The van der Waals surface area contributed by atoms with E-state index in [0.717, 1.165) is 25.6 Å². The molecule has 1 aliphatic rings. The van der Waals surface area contributed by atoms with Crippen LogP contribution in [0.1, 0.15) is 18.4 Å². The minimum absolute atomic E-state index is 0.131. The molecule has 2 aromatic rings. The van der Waals surface area contributed by atoms with Crippen molar-refractivity contribution in [3.63, 3.8) is 0 Å². The monoisotopic (exact) mass is 358 g/mol. The van der Waals surface area contributed by atoms with E-state index >= 15 is 0 Å². The molecule has 3 rings (SSSR count). The summed E-state index contributed by atoms with van der Waals surface area (Å²) in [6.45, 7) is 1.03. The SMILES string of the molecule is CS(=O)(=O)c1cccc(NC(=O)CN(Cc2ccccc2)C2CC2)c1. The van der Waals surface area contributed by atoms with Crippen LogP contribution in [0, 0.1) is 0 Å². The first kappa shape index (κ1) is 17.6. The molecule has 0 unspecified atom stereocenters. The van der Waals surface area contributed by atoms with Gasteiger partial charge >= 0.3 is 0 Å². The molecule has 0 spiro atoms. The number of nitrogens with zero attached hydrogens (tertiary/aromatic N) is 1. The van der Waals surface area contributed by atoms with Gasteiger partial charge in [0.2, 0.25) is 5.91 Å². The third kappa shape index (κ3) is 5.14. The van der Waals surface area contributed by atoms with E-state index in [9.17, 15) is 13.2 Å². The Kier molecular flexibility index (Phi) is 5.20. The van der Waals surface area contributed by atoms with E-state index in [0.29, 0.717) is 18.3 Å². The standard InChI is InChI=1S/C19H22N2O3S/c1-25(23,24)18-9-5-8-16(12-18)20-19(22)14-21(17-10-11-17)13-15-6-3-2-4-7-15/h2-9,12,17H,10-11,13-14H2,1H3,(H,20,22). The molecule has 1 saturated carbocycles. The number of nitrogens with one attached hydrogen (secondary N) is 1. The molecular formula is C19H22N2O3S. The second-order valence-corrected chi connectivity index (χ2v) is 8.49. The van der Waals surface area contributed by atoms with Gasteiger partial charge in [0.25, 0.3) is 0 Å². The van der Waals surface area contributed by atoms with Crippen LogP contribution in [0.5, 0.6) is 0 Å². The van der Waals surface area contributed by atoms with Crippen LogP contribution in [0.2, 0.25) is 0 Å². The maximum Gasteiger partial charge on any atom is 0.238 e. The van der Waals surface area contributed by atoms with Gasteiger partial charge < -0.3 is 5.32 Å². The summed E-state index contributed by atoms with van der Waals surface area (Å²) in [6, 6.07) is 16.9. The summed E-state index contributed by atoms with van der Waals surface area (Å²) in [5.41, 5.74) is 1.68. The average Bonchev–Trinajstić information content (AvgIpc) is 3.39. The van der Waals surface area contributed by atoms with Crippen molar-refractivity contribution in [1.82, 2.24) is 4.90 Å². The summed E-state index contributed by atoms with van der Waals surface area (Å²) in [6.07, 6.45) is 3.38. The second kappa shape index (κ2) is 7.37. The molecule has 0 saturated heterocycles. The highest BCUT2D eigenvalue weighted by Gasteiger charge is 2.30. The third-order valence-electron chi connectivity index (χ3n) is 4.18. The molecule has 2 aromatic carbocycles. The lowest BCUT2D eigenvalue weighted by molar-refractivity contribution is -0.117. The Hall–Kier alpha value is -2.18. The summed E-state index contributed by atoms with van der Waals surface area (Å²) in [5, 5.41) is 2.81. The Labute approximate surface area is 148 Å². The molecule has 0 bridgehead atoms. The zero-order chi connectivity index (χ0) is 17.9. The van der Waals surface area contributed by atoms with Crippen molar-refractivity contribution in [2.75, 3.05) is 18.1 Å². The molecule has 0 heterocycles. The Bertz CT molecular complexity index is 846. The van der Waals surface area contributed by atoms with E-state index in [-0.39, 0.29) is 10.8 Å². The molecule has 0 aromatic heterocycles. The molecule has 1 fully saturated rings. The summed E-state index contributed by atoms with van der Waals surface area (Å²) < 4.78 is 23.3. The second-order valence-electron chi connectivity index (χ2n) is 6.47. The number of hydrogen-bond acceptors (Lipinski definition) is 4. The lowest BCUT2D eigenvalue weighted by Crippen LogP contribution is -2.34. The highest BCUT2D eigenvalue weighted by Crippen LogP contribution is 2.28. The van der Waals surface area contributed by atoms with Crippen molar-refractivity contribution in [3.05, 3.63) is 60.2 Å². The molecular weight excluding hydrogens is 336 g/mol. The number of anilines is 1. The van der Waals surface area contributed by atoms with E-state index in [1.165, 1.54) is 17.7 Å². The fourth-order valence-corrected chi connectivity index (χ4v) is 3.43. The van der Waals surface area contributed by atoms with Gasteiger partial charge in [-0.2, -0.15) is 0 Å². The van der Waals surface area contributed by atoms with Crippen LogP contribution in [0.4, 0.5) is 5.69 Å². The molecule has 5 nitrogen and oxygen atoms in total. The smallest absolute Gasteiger partial charge is 0.238 e.